The molecule has 3 aliphatic carbocycles. The number of hydrogen-bond acceptors (Lipinski definition) is 1. The van der Waals surface area contributed by atoms with Crippen molar-refractivity contribution >= 4 is 0 Å². The number of ether oxygens (including phenoxy) is 1. The molecule has 1 fully saturated rings. The van der Waals surface area contributed by atoms with Crippen LogP contribution >= 0.6 is 0 Å². The van der Waals surface area contributed by atoms with E-state index in [4.69, 9.17) is 4.74 Å². The Bertz CT molecular complexity index is 600. The summed E-state index contributed by atoms with van der Waals surface area (Å²) in [6, 6.07) is 4.65. The molecule has 1 heteroatoms. The molecule has 5 rings (SSSR count). The summed E-state index contributed by atoms with van der Waals surface area (Å²) in [6.07, 6.45) is 11.8. The van der Waals surface area contributed by atoms with Gasteiger partial charge < -0.3 is 4.74 Å². The van der Waals surface area contributed by atoms with Crippen molar-refractivity contribution in [2.24, 2.45) is 11.8 Å². The van der Waals surface area contributed by atoms with Crippen LogP contribution in [0, 0.1) is 18.8 Å². The Balaban J connectivity index is 1.87. The lowest BCUT2D eigenvalue weighted by molar-refractivity contribution is 0.0375. The SMILES string of the molecule is Cc1ccc2c3c1O[C@H]1C=CC[C@H]4[C@H](CCC[C@]314)C2. The van der Waals surface area contributed by atoms with Crippen LogP contribution < -0.4 is 4.74 Å². The predicted molar refractivity (Wildman–Crippen MR) is 75.6 cm³/mol. The summed E-state index contributed by atoms with van der Waals surface area (Å²) in [5, 5.41) is 0. The van der Waals surface area contributed by atoms with Crippen molar-refractivity contribution in [1.82, 2.24) is 0 Å². The second-order valence-corrected chi connectivity index (χ2v) is 6.95. The van der Waals surface area contributed by atoms with Gasteiger partial charge in [-0.05, 0) is 61.6 Å². The number of hydrogen-bond donors (Lipinski definition) is 0. The van der Waals surface area contributed by atoms with Crippen LogP contribution in [0.15, 0.2) is 24.3 Å². The number of benzene rings is 1. The summed E-state index contributed by atoms with van der Waals surface area (Å²) < 4.78 is 6.42. The minimum Gasteiger partial charge on any atom is -0.485 e. The molecule has 0 aromatic heterocycles. The fraction of sp³-hybridized carbons (Fsp3) is 0.556. The second-order valence-electron chi connectivity index (χ2n) is 6.95. The number of allylic oxidation sites excluding steroid dienone is 1. The molecule has 4 atom stereocenters. The largest absolute Gasteiger partial charge is 0.485 e. The maximum atomic E-state index is 6.42. The monoisotopic (exact) mass is 252 g/mol. The van der Waals surface area contributed by atoms with E-state index in [0.717, 1.165) is 11.8 Å². The Labute approximate surface area is 114 Å². The standard InChI is InChI=1S/C18H20O/c1-11-7-8-13-10-12-4-3-9-18-14(12)5-2-6-15(18)19-17(11)16(13)18/h2,6-8,12,14-15H,3-5,9-10H2,1H3/t12-,14+,15+,18-/m1/s1. The maximum absolute atomic E-state index is 6.42. The van der Waals surface area contributed by atoms with Crippen LogP contribution in [-0.4, -0.2) is 6.10 Å². The first-order chi connectivity index (χ1) is 9.30. The molecular formula is C18H20O. The third-order valence-electron chi connectivity index (χ3n) is 6.24. The van der Waals surface area contributed by atoms with Gasteiger partial charge in [0.2, 0.25) is 0 Å². The average Bonchev–Trinajstić information content (AvgIpc) is 2.74. The van der Waals surface area contributed by atoms with Crippen molar-refractivity contribution in [2.45, 2.75) is 50.5 Å². The third kappa shape index (κ3) is 1.06. The molecule has 4 aliphatic rings. The van der Waals surface area contributed by atoms with E-state index in [0.29, 0.717) is 11.5 Å². The van der Waals surface area contributed by atoms with Gasteiger partial charge >= 0.3 is 0 Å². The van der Waals surface area contributed by atoms with Crippen LogP contribution in [0.4, 0.5) is 0 Å². The molecule has 98 valence electrons. The molecule has 1 aliphatic heterocycles. The zero-order chi connectivity index (χ0) is 12.6. The van der Waals surface area contributed by atoms with E-state index in [1.165, 1.54) is 43.4 Å². The van der Waals surface area contributed by atoms with Gasteiger partial charge in [-0.15, -0.1) is 0 Å². The first kappa shape index (κ1) is 10.5. The molecule has 0 saturated heterocycles. The first-order valence-corrected chi connectivity index (χ1v) is 7.77. The lowest BCUT2D eigenvalue weighted by atomic mass is 9.50. The molecule has 1 aromatic rings. The molecular weight excluding hydrogens is 232 g/mol. The Morgan fingerprint density at radius 3 is 3.21 bits per heavy atom. The Hall–Kier alpha value is -1.24. The highest BCUT2D eigenvalue weighted by atomic mass is 16.5. The van der Waals surface area contributed by atoms with E-state index in [2.05, 4.69) is 31.2 Å². The van der Waals surface area contributed by atoms with Crippen LogP contribution in [0.1, 0.15) is 42.4 Å². The van der Waals surface area contributed by atoms with Gasteiger partial charge in [-0.3, -0.25) is 0 Å². The van der Waals surface area contributed by atoms with Crippen LogP contribution in [0.5, 0.6) is 5.75 Å². The Morgan fingerprint density at radius 2 is 2.26 bits per heavy atom. The van der Waals surface area contributed by atoms with Gasteiger partial charge in [0.15, 0.2) is 0 Å². The number of aryl methyl sites for hydroxylation is 1. The third-order valence-corrected chi connectivity index (χ3v) is 6.24. The molecule has 0 unspecified atom stereocenters. The Kier molecular flexibility index (Phi) is 1.81. The molecule has 1 nitrogen and oxygen atoms in total. The predicted octanol–water partition coefficient (Wildman–Crippen LogP) is 3.93. The quantitative estimate of drug-likeness (QED) is 0.636. The highest BCUT2D eigenvalue weighted by Crippen LogP contribution is 2.63. The summed E-state index contributed by atoms with van der Waals surface area (Å²) in [7, 11) is 0. The Morgan fingerprint density at radius 1 is 1.32 bits per heavy atom. The highest BCUT2D eigenvalue weighted by molar-refractivity contribution is 5.58. The van der Waals surface area contributed by atoms with Gasteiger partial charge in [-0.25, -0.2) is 0 Å². The summed E-state index contributed by atoms with van der Waals surface area (Å²) in [5.74, 6) is 2.97. The minimum atomic E-state index is 0.323. The minimum absolute atomic E-state index is 0.323. The van der Waals surface area contributed by atoms with Crippen molar-refractivity contribution < 1.29 is 4.74 Å². The molecule has 0 radical (unpaired) electrons. The fourth-order valence-electron chi connectivity index (χ4n) is 5.55. The van der Waals surface area contributed by atoms with Crippen molar-refractivity contribution in [1.29, 1.82) is 0 Å². The molecule has 0 amide bonds. The van der Waals surface area contributed by atoms with E-state index >= 15 is 0 Å². The zero-order valence-electron chi connectivity index (χ0n) is 11.5. The average molecular weight is 252 g/mol. The van der Waals surface area contributed by atoms with Gasteiger partial charge in [-0.2, -0.15) is 0 Å². The smallest absolute Gasteiger partial charge is 0.127 e. The lowest BCUT2D eigenvalue weighted by Crippen LogP contribution is -2.53. The van der Waals surface area contributed by atoms with Gasteiger partial charge in [0, 0.05) is 11.0 Å². The fourth-order valence-corrected chi connectivity index (χ4v) is 5.55. The molecule has 1 aromatic carbocycles. The van der Waals surface area contributed by atoms with Crippen molar-refractivity contribution in [3.8, 4) is 5.75 Å². The van der Waals surface area contributed by atoms with E-state index in [-0.39, 0.29) is 0 Å². The van der Waals surface area contributed by atoms with Crippen molar-refractivity contribution in [3.63, 3.8) is 0 Å². The summed E-state index contributed by atoms with van der Waals surface area (Å²) in [4.78, 5) is 0. The van der Waals surface area contributed by atoms with E-state index in [1.807, 2.05) is 0 Å². The normalized spacial score (nSPS) is 40.8. The number of rotatable bonds is 0. The van der Waals surface area contributed by atoms with Crippen LogP contribution in [0.3, 0.4) is 0 Å². The van der Waals surface area contributed by atoms with Gasteiger partial charge in [-0.1, -0.05) is 24.6 Å². The van der Waals surface area contributed by atoms with E-state index in [1.54, 1.807) is 11.1 Å². The molecule has 2 bridgehead atoms. The summed E-state index contributed by atoms with van der Waals surface area (Å²) in [5.41, 5.74) is 4.88. The maximum Gasteiger partial charge on any atom is 0.127 e. The van der Waals surface area contributed by atoms with Crippen molar-refractivity contribution in [2.75, 3.05) is 0 Å². The molecule has 1 spiro atoms. The van der Waals surface area contributed by atoms with Crippen LogP contribution in [0.25, 0.3) is 0 Å². The molecule has 0 N–H and O–H groups in total. The zero-order valence-corrected chi connectivity index (χ0v) is 11.5. The van der Waals surface area contributed by atoms with Gasteiger partial charge in [0.1, 0.15) is 11.9 Å². The highest BCUT2D eigenvalue weighted by Gasteiger charge is 2.60. The molecule has 1 heterocycles. The van der Waals surface area contributed by atoms with E-state index in [9.17, 15) is 0 Å². The topological polar surface area (TPSA) is 9.23 Å². The summed E-state index contributed by atoms with van der Waals surface area (Å²) in [6.45, 7) is 2.21. The van der Waals surface area contributed by atoms with Crippen molar-refractivity contribution in [3.05, 3.63) is 41.0 Å². The van der Waals surface area contributed by atoms with Crippen LogP contribution in [-0.2, 0) is 11.8 Å². The van der Waals surface area contributed by atoms with Gasteiger partial charge in [0.05, 0.1) is 0 Å². The molecule has 1 saturated carbocycles. The van der Waals surface area contributed by atoms with E-state index < -0.39 is 0 Å². The molecule has 19 heavy (non-hydrogen) atoms. The lowest BCUT2D eigenvalue weighted by Gasteiger charge is -2.53. The summed E-state index contributed by atoms with van der Waals surface area (Å²) >= 11 is 0. The first-order valence-electron chi connectivity index (χ1n) is 7.77. The van der Waals surface area contributed by atoms with Crippen LogP contribution in [0.2, 0.25) is 0 Å². The van der Waals surface area contributed by atoms with Gasteiger partial charge in [0.25, 0.3) is 0 Å². The second kappa shape index (κ2) is 3.26.